The Balaban J connectivity index is 1.88. The molecule has 6 nitrogen and oxygen atoms in total. The summed E-state index contributed by atoms with van der Waals surface area (Å²) in [6.07, 6.45) is 5.18. The molecule has 2 N–H and O–H groups in total. The Bertz CT molecular complexity index is 338. The van der Waals surface area contributed by atoms with E-state index in [4.69, 9.17) is 10.5 Å². The van der Waals surface area contributed by atoms with Gasteiger partial charge in [-0.3, -0.25) is 0 Å². The van der Waals surface area contributed by atoms with Crippen LogP contribution in [-0.4, -0.2) is 32.4 Å². The average molecular weight is 195 g/mol. The first-order valence-electron chi connectivity index (χ1n) is 5.03. The van der Waals surface area contributed by atoms with Crippen molar-refractivity contribution in [2.24, 2.45) is 0 Å². The predicted molar refractivity (Wildman–Crippen MR) is 48.4 cm³/mol. The minimum absolute atomic E-state index is 0.240. The van der Waals surface area contributed by atoms with Crippen molar-refractivity contribution in [2.45, 2.75) is 43.9 Å². The van der Waals surface area contributed by atoms with Gasteiger partial charge in [-0.2, -0.15) is 0 Å². The lowest BCUT2D eigenvalue weighted by Crippen LogP contribution is -2.31. The number of hydrogen-bond acceptors (Lipinski definition) is 5. The van der Waals surface area contributed by atoms with Crippen LogP contribution < -0.4 is 5.73 Å². The van der Waals surface area contributed by atoms with Crippen LogP contribution in [0.15, 0.2) is 0 Å². The maximum atomic E-state index is 5.82. The summed E-state index contributed by atoms with van der Waals surface area (Å²) in [6, 6.07) is 0.240. The molecule has 6 heteroatoms. The Labute approximate surface area is 81.4 Å². The molecule has 1 aromatic rings. The molecule has 76 valence electrons. The van der Waals surface area contributed by atoms with Gasteiger partial charge >= 0.3 is 0 Å². The van der Waals surface area contributed by atoms with Crippen molar-refractivity contribution < 1.29 is 4.74 Å². The van der Waals surface area contributed by atoms with E-state index in [0.29, 0.717) is 12.1 Å². The van der Waals surface area contributed by atoms with Gasteiger partial charge in [-0.1, -0.05) is 5.10 Å². The number of nitrogen functional groups attached to an aromatic ring is 1. The van der Waals surface area contributed by atoms with Crippen molar-refractivity contribution in [3.63, 3.8) is 0 Å². The predicted octanol–water partition coefficient (Wildman–Crippen LogP) is 0.138. The molecule has 1 aromatic heterocycles. The molecule has 0 aromatic carbocycles. The molecule has 2 bridgehead atoms. The van der Waals surface area contributed by atoms with Crippen LogP contribution in [0.4, 0.5) is 5.95 Å². The van der Waals surface area contributed by atoms with E-state index in [2.05, 4.69) is 15.5 Å². The lowest BCUT2D eigenvalue weighted by atomic mass is 10.0. The van der Waals surface area contributed by atoms with E-state index < -0.39 is 0 Å². The molecule has 0 amide bonds. The third-order valence-electron chi connectivity index (χ3n) is 3.19. The minimum atomic E-state index is 0.240. The fraction of sp³-hybridized carbons (Fsp3) is 0.875. The first-order valence-corrected chi connectivity index (χ1v) is 5.03. The van der Waals surface area contributed by atoms with Crippen LogP contribution in [0, 0.1) is 0 Å². The van der Waals surface area contributed by atoms with Crippen LogP contribution in [0.1, 0.15) is 31.7 Å². The maximum Gasteiger partial charge on any atom is 0.240 e. The smallest absolute Gasteiger partial charge is 0.240 e. The Morgan fingerprint density at radius 2 is 2.14 bits per heavy atom. The second-order valence-corrected chi connectivity index (χ2v) is 4.00. The van der Waals surface area contributed by atoms with Crippen LogP contribution in [0.3, 0.4) is 0 Å². The Hall–Kier alpha value is -1.17. The number of fused-ring (bicyclic) bond motifs is 2. The van der Waals surface area contributed by atoms with Gasteiger partial charge in [-0.25, -0.2) is 4.68 Å². The molecule has 2 saturated heterocycles. The van der Waals surface area contributed by atoms with Crippen molar-refractivity contribution in [2.75, 3.05) is 5.73 Å². The summed E-state index contributed by atoms with van der Waals surface area (Å²) in [5.41, 5.74) is 5.67. The van der Waals surface area contributed by atoms with Crippen LogP contribution in [0.2, 0.25) is 0 Å². The van der Waals surface area contributed by atoms with Gasteiger partial charge in [0, 0.05) is 0 Å². The van der Waals surface area contributed by atoms with Crippen LogP contribution in [0.5, 0.6) is 0 Å². The van der Waals surface area contributed by atoms with Gasteiger partial charge in [-0.15, -0.1) is 0 Å². The molecule has 0 radical (unpaired) electrons. The van der Waals surface area contributed by atoms with Gasteiger partial charge < -0.3 is 10.5 Å². The lowest BCUT2D eigenvalue weighted by molar-refractivity contribution is -0.0299. The number of nitrogens with zero attached hydrogens (tertiary/aromatic N) is 4. The zero-order valence-electron chi connectivity index (χ0n) is 7.83. The molecule has 2 aliphatic heterocycles. The molecule has 14 heavy (non-hydrogen) atoms. The van der Waals surface area contributed by atoms with Gasteiger partial charge in [0.1, 0.15) is 0 Å². The Kier molecular flexibility index (Phi) is 1.70. The highest BCUT2D eigenvalue weighted by Gasteiger charge is 2.38. The summed E-state index contributed by atoms with van der Waals surface area (Å²) >= 11 is 0. The van der Waals surface area contributed by atoms with Gasteiger partial charge in [0.2, 0.25) is 5.95 Å². The number of ether oxygens (including phenoxy) is 1. The molecule has 0 aliphatic carbocycles. The van der Waals surface area contributed by atoms with Crippen molar-refractivity contribution in [1.29, 1.82) is 0 Å². The van der Waals surface area contributed by atoms with Crippen LogP contribution in [0.25, 0.3) is 0 Å². The number of tetrazole rings is 1. The van der Waals surface area contributed by atoms with Gasteiger partial charge in [-0.05, 0) is 36.1 Å². The molecule has 3 rings (SSSR count). The standard InChI is InChI=1S/C8H13N5O/c9-8-10-11-12-13(8)6-3-1-5-2-4-7(6)14-5/h5-7H,1-4H2,(H2,9,10,12). The zero-order chi connectivity index (χ0) is 9.54. The minimum Gasteiger partial charge on any atom is -0.373 e. The van der Waals surface area contributed by atoms with E-state index in [1.807, 2.05) is 0 Å². The zero-order valence-corrected chi connectivity index (χ0v) is 7.83. The SMILES string of the molecule is Nc1nnnn1C1CCC2CCC1O2. The fourth-order valence-corrected chi connectivity index (χ4v) is 2.49. The van der Waals surface area contributed by atoms with E-state index >= 15 is 0 Å². The highest BCUT2D eigenvalue weighted by Crippen LogP contribution is 2.39. The average Bonchev–Trinajstić information content (AvgIpc) is 2.76. The molecule has 3 unspecified atom stereocenters. The van der Waals surface area contributed by atoms with Gasteiger partial charge in [0.15, 0.2) is 0 Å². The number of aromatic nitrogens is 4. The molecule has 2 fully saturated rings. The highest BCUT2D eigenvalue weighted by atomic mass is 16.5. The number of nitrogens with two attached hydrogens (primary N) is 1. The van der Waals surface area contributed by atoms with Crippen molar-refractivity contribution >= 4 is 5.95 Å². The fourth-order valence-electron chi connectivity index (χ4n) is 2.49. The van der Waals surface area contributed by atoms with E-state index in [9.17, 15) is 0 Å². The van der Waals surface area contributed by atoms with Crippen LogP contribution >= 0.6 is 0 Å². The molecule has 3 atom stereocenters. The van der Waals surface area contributed by atoms with Crippen LogP contribution in [-0.2, 0) is 4.74 Å². The number of hydrogen-bond donors (Lipinski definition) is 1. The summed E-state index contributed by atoms with van der Waals surface area (Å²) < 4.78 is 7.52. The molecule has 0 saturated carbocycles. The molecule has 0 spiro atoms. The van der Waals surface area contributed by atoms with Crippen molar-refractivity contribution in [3.05, 3.63) is 0 Å². The van der Waals surface area contributed by atoms with E-state index in [0.717, 1.165) is 19.3 Å². The Morgan fingerprint density at radius 3 is 2.93 bits per heavy atom. The first kappa shape index (κ1) is 8.16. The molecular weight excluding hydrogens is 182 g/mol. The van der Waals surface area contributed by atoms with Gasteiger partial charge in [0.05, 0.1) is 18.2 Å². The third-order valence-corrected chi connectivity index (χ3v) is 3.19. The third kappa shape index (κ3) is 1.10. The van der Waals surface area contributed by atoms with Gasteiger partial charge in [0.25, 0.3) is 0 Å². The normalized spacial score (nSPS) is 36.1. The summed E-state index contributed by atoms with van der Waals surface area (Å²) in [7, 11) is 0. The monoisotopic (exact) mass is 195 g/mol. The molecular formula is C8H13N5O. The van der Waals surface area contributed by atoms with Crippen molar-refractivity contribution in [1.82, 2.24) is 20.2 Å². The second-order valence-electron chi connectivity index (χ2n) is 4.00. The second kappa shape index (κ2) is 2.91. The molecule has 2 aliphatic rings. The summed E-state index contributed by atoms with van der Waals surface area (Å²) in [5, 5.41) is 11.2. The quantitative estimate of drug-likeness (QED) is 0.689. The highest BCUT2D eigenvalue weighted by molar-refractivity contribution is 5.12. The summed E-state index contributed by atoms with van der Waals surface area (Å²) in [5.74, 6) is 0.393. The largest absolute Gasteiger partial charge is 0.373 e. The topological polar surface area (TPSA) is 78.9 Å². The summed E-state index contributed by atoms with van der Waals surface area (Å²) in [4.78, 5) is 0. The van der Waals surface area contributed by atoms with Crippen molar-refractivity contribution in [3.8, 4) is 0 Å². The number of rotatable bonds is 1. The maximum absolute atomic E-state index is 5.82. The molecule has 3 heterocycles. The summed E-state index contributed by atoms with van der Waals surface area (Å²) in [6.45, 7) is 0. The lowest BCUT2D eigenvalue weighted by Gasteiger charge is -2.28. The number of anilines is 1. The Morgan fingerprint density at radius 1 is 1.29 bits per heavy atom. The first-order chi connectivity index (χ1) is 6.84. The van der Waals surface area contributed by atoms with E-state index in [-0.39, 0.29) is 12.1 Å². The van der Waals surface area contributed by atoms with E-state index in [1.54, 1.807) is 4.68 Å². The van der Waals surface area contributed by atoms with E-state index in [1.165, 1.54) is 6.42 Å².